The van der Waals surface area contributed by atoms with Crippen LogP contribution in [0, 0.1) is 0 Å². The highest BCUT2D eigenvalue weighted by Gasteiger charge is 2.16. The summed E-state index contributed by atoms with van der Waals surface area (Å²) in [5.74, 6) is 1.32. The van der Waals surface area contributed by atoms with Crippen molar-refractivity contribution in [2.45, 2.75) is 17.1 Å². The molecular formula is C14H11BrN2OS2. The molecule has 102 valence electrons. The van der Waals surface area contributed by atoms with Gasteiger partial charge in [0.1, 0.15) is 0 Å². The zero-order valence-electron chi connectivity index (χ0n) is 10.6. The van der Waals surface area contributed by atoms with Crippen LogP contribution < -0.4 is 0 Å². The van der Waals surface area contributed by atoms with Crippen LogP contribution in [0.5, 0.6) is 0 Å². The van der Waals surface area contributed by atoms with Gasteiger partial charge in [-0.1, -0.05) is 27.2 Å². The van der Waals surface area contributed by atoms with E-state index in [9.17, 15) is 0 Å². The first-order valence-electron chi connectivity index (χ1n) is 6.02. The summed E-state index contributed by atoms with van der Waals surface area (Å²) in [5, 5.41) is 6.17. The van der Waals surface area contributed by atoms with Crippen LogP contribution in [0.1, 0.15) is 18.1 Å². The van der Waals surface area contributed by atoms with Crippen LogP contribution in [-0.4, -0.2) is 10.1 Å². The van der Waals surface area contributed by atoms with Crippen molar-refractivity contribution in [2.24, 2.45) is 0 Å². The fraction of sp³-hybridized carbons (Fsp3) is 0.143. The zero-order valence-corrected chi connectivity index (χ0v) is 13.8. The SMILES string of the molecule is C[C@@H](Sc1ccc(Br)cc1)c1nc(-c2cccs2)no1. The van der Waals surface area contributed by atoms with Crippen molar-refractivity contribution in [2.75, 3.05) is 0 Å². The predicted molar refractivity (Wildman–Crippen MR) is 86.0 cm³/mol. The molecule has 0 saturated heterocycles. The molecule has 0 unspecified atom stereocenters. The van der Waals surface area contributed by atoms with Gasteiger partial charge in [-0.25, -0.2) is 0 Å². The Kier molecular flexibility index (Phi) is 4.24. The maximum Gasteiger partial charge on any atom is 0.240 e. The van der Waals surface area contributed by atoms with Gasteiger partial charge in [-0.2, -0.15) is 4.98 Å². The van der Waals surface area contributed by atoms with Gasteiger partial charge >= 0.3 is 0 Å². The van der Waals surface area contributed by atoms with E-state index in [0.717, 1.165) is 9.35 Å². The van der Waals surface area contributed by atoms with Crippen molar-refractivity contribution in [1.82, 2.24) is 10.1 Å². The van der Waals surface area contributed by atoms with Crippen molar-refractivity contribution >= 4 is 39.0 Å². The van der Waals surface area contributed by atoms with E-state index >= 15 is 0 Å². The van der Waals surface area contributed by atoms with E-state index in [1.54, 1.807) is 23.1 Å². The van der Waals surface area contributed by atoms with Crippen LogP contribution in [0.15, 0.2) is 55.7 Å². The Morgan fingerprint density at radius 3 is 2.75 bits per heavy atom. The number of hydrogen-bond donors (Lipinski definition) is 0. The highest BCUT2D eigenvalue weighted by molar-refractivity contribution is 9.10. The zero-order chi connectivity index (χ0) is 13.9. The Bertz CT molecular complexity index is 680. The van der Waals surface area contributed by atoms with Crippen LogP contribution in [-0.2, 0) is 0 Å². The lowest BCUT2D eigenvalue weighted by atomic mass is 10.4. The Hall–Kier alpha value is -1.11. The van der Waals surface area contributed by atoms with Gasteiger partial charge in [0.2, 0.25) is 11.7 Å². The molecule has 0 radical (unpaired) electrons. The first-order valence-corrected chi connectivity index (χ1v) is 8.57. The third-order valence-corrected chi connectivity index (χ3v) is 5.15. The smallest absolute Gasteiger partial charge is 0.240 e. The van der Waals surface area contributed by atoms with Crippen LogP contribution in [0.2, 0.25) is 0 Å². The molecule has 6 heteroatoms. The lowest BCUT2D eigenvalue weighted by molar-refractivity contribution is 0.381. The van der Waals surface area contributed by atoms with E-state index in [2.05, 4.69) is 45.1 Å². The third-order valence-electron chi connectivity index (χ3n) is 2.66. The molecule has 0 aliphatic heterocycles. The molecule has 2 aromatic heterocycles. The predicted octanol–water partition coefficient (Wildman–Crippen LogP) is 5.41. The summed E-state index contributed by atoms with van der Waals surface area (Å²) in [6.45, 7) is 2.07. The molecule has 1 aromatic carbocycles. The van der Waals surface area contributed by atoms with Crippen LogP contribution in [0.4, 0.5) is 0 Å². The molecule has 0 fully saturated rings. The summed E-state index contributed by atoms with van der Waals surface area (Å²) in [7, 11) is 0. The lowest BCUT2D eigenvalue weighted by Gasteiger charge is -2.05. The molecule has 0 saturated carbocycles. The standard InChI is InChI=1S/C14H11BrN2OS2/c1-9(20-11-6-4-10(15)5-7-11)14-16-13(17-18-14)12-3-2-8-19-12/h2-9H,1H3/t9-/m1/s1. The fourth-order valence-corrected chi connectivity index (χ4v) is 3.49. The fourth-order valence-electron chi connectivity index (χ4n) is 1.67. The van der Waals surface area contributed by atoms with Gasteiger partial charge in [0, 0.05) is 9.37 Å². The quantitative estimate of drug-likeness (QED) is 0.578. The molecule has 2 heterocycles. The summed E-state index contributed by atoms with van der Waals surface area (Å²) in [6, 6.07) is 12.2. The average molecular weight is 367 g/mol. The van der Waals surface area contributed by atoms with Gasteiger partial charge in [-0.15, -0.1) is 23.1 Å². The number of hydrogen-bond acceptors (Lipinski definition) is 5. The molecule has 20 heavy (non-hydrogen) atoms. The third kappa shape index (κ3) is 3.13. The van der Waals surface area contributed by atoms with Gasteiger partial charge in [0.25, 0.3) is 0 Å². The molecule has 0 bridgehead atoms. The van der Waals surface area contributed by atoms with Crippen LogP contribution in [0.3, 0.4) is 0 Å². The number of rotatable bonds is 4. The maximum atomic E-state index is 5.36. The second-order valence-corrected chi connectivity index (χ2v) is 7.43. The van der Waals surface area contributed by atoms with Gasteiger partial charge in [0.05, 0.1) is 10.1 Å². The maximum absolute atomic E-state index is 5.36. The Morgan fingerprint density at radius 1 is 1.25 bits per heavy atom. The number of aromatic nitrogens is 2. The molecule has 0 spiro atoms. The number of thioether (sulfide) groups is 1. The van der Waals surface area contributed by atoms with E-state index < -0.39 is 0 Å². The minimum Gasteiger partial charge on any atom is -0.338 e. The molecule has 3 nitrogen and oxygen atoms in total. The summed E-state index contributed by atoms with van der Waals surface area (Å²) < 4.78 is 6.44. The molecular weight excluding hydrogens is 356 g/mol. The van der Waals surface area contributed by atoms with Gasteiger partial charge in [0.15, 0.2) is 0 Å². The molecule has 0 aliphatic rings. The number of halogens is 1. The lowest BCUT2D eigenvalue weighted by Crippen LogP contribution is -1.88. The minimum absolute atomic E-state index is 0.123. The summed E-state index contributed by atoms with van der Waals surface area (Å²) >= 11 is 6.74. The van der Waals surface area contributed by atoms with Crippen molar-refractivity contribution < 1.29 is 4.52 Å². The van der Waals surface area contributed by atoms with Gasteiger partial charge in [-0.05, 0) is 42.6 Å². The molecule has 3 aromatic rings. The number of thiophene rings is 1. The molecule has 3 rings (SSSR count). The van der Waals surface area contributed by atoms with Crippen molar-refractivity contribution in [3.8, 4) is 10.7 Å². The molecule has 0 amide bonds. The van der Waals surface area contributed by atoms with Gasteiger partial charge < -0.3 is 4.52 Å². The van der Waals surface area contributed by atoms with Crippen LogP contribution >= 0.6 is 39.0 Å². The highest BCUT2D eigenvalue weighted by Crippen LogP contribution is 2.35. The Morgan fingerprint density at radius 2 is 2.05 bits per heavy atom. The van der Waals surface area contributed by atoms with E-state index in [4.69, 9.17) is 4.52 Å². The van der Waals surface area contributed by atoms with E-state index in [1.165, 1.54) is 4.90 Å². The van der Waals surface area contributed by atoms with E-state index in [1.807, 2.05) is 29.6 Å². The van der Waals surface area contributed by atoms with Crippen molar-refractivity contribution in [1.29, 1.82) is 0 Å². The second kappa shape index (κ2) is 6.11. The van der Waals surface area contributed by atoms with Crippen LogP contribution in [0.25, 0.3) is 10.7 Å². The number of nitrogens with zero attached hydrogens (tertiary/aromatic N) is 2. The minimum atomic E-state index is 0.123. The first kappa shape index (κ1) is 13.9. The molecule has 0 aliphatic carbocycles. The molecule has 0 N–H and O–H groups in total. The highest BCUT2D eigenvalue weighted by atomic mass is 79.9. The first-order chi connectivity index (χ1) is 9.72. The largest absolute Gasteiger partial charge is 0.338 e. The summed E-state index contributed by atoms with van der Waals surface area (Å²) in [6.07, 6.45) is 0. The number of benzene rings is 1. The van der Waals surface area contributed by atoms with E-state index in [0.29, 0.717) is 11.7 Å². The Labute approximate surface area is 133 Å². The summed E-state index contributed by atoms with van der Waals surface area (Å²) in [5.41, 5.74) is 0. The molecule has 1 atom stereocenters. The Balaban J connectivity index is 1.74. The van der Waals surface area contributed by atoms with Gasteiger partial charge in [-0.3, -0.25) is 0 Å². The van der Waals surface area contributed by atoms with Crippen molar-refractivity contribution in [3.63, 3.8) is 0 Å². The summed E-state index contributed by atoms with van der Waals surface area (Å²) in [4.78, 5) is 6.67. The second-order valence-electron chi connectivity index (χ2n) is 4.15. The monoisotopic (exact) mass is 366 g/mol. The van der Waals surface area contributed by atoms with Crippen molar-refractivity contribution in [3.05, 3.63) is 52.1 Å². The average Bonchev–Trinajstić information content (AvgIpc) is 3.11. The normalized spacial score (nSPS) is 12.5. The topological polar surface area (TPSA) is 38.9 Å². The van der Waals surface area contributed by atoms with E-state index in [-0.39, 0.29) is 5.25 Å².